The van der Waals surface area contributed by atoms with Gasteiger partial charge in [-0.25, -0.2) is 4.39 Å². The van der Waals surface area contributed by atoms with Crippen molar-refractivity contribution < 1.29 is 18.7 Å². The lowest BCUT2D eigenvalue weighted by Gasteiger charge is -2.12. The van der Waals surface area contributed by atoms with Crippen LogP contribution in [0.4, 0.5) is 10.1 Å². The molecule has 7 heteroatoms. The van der Waals surface area contributed by atoms with E-state index in [1.807, 2.05) is 24.3 Å². The number of ether oxygens (including phenoxy) is 1. The number of fused-ring (bicyclic) bond motifs is 1. The second-order valence-corrected chi connectivity index (χ2v) is 7.36. The van der Waals surface area contributed by atoms with Crippen LogP contribution in [0.3, 0.4) is 0 Å². The topological polar surface area (TPSA) is 97.2 Å². The van der Waals surface area contributed by atoms with Crippen LogP contribution in [0.1, 0.15) is 22.3 Å². The molecule has 4 rings (SSSR count). The highest BCUT2D eigenvalue weighted by Gasteiger charge is 2.16. The molecule has 162 valence electrons. The molecular formula is C25H22FN3O3. The van der Waals surface area contributed by atoms with E-state index >= 15 is 0 Å². The number of anilines is 1. The van der Waals surface area contributed by atoms with Crippen molar-refractivity contribution in [3.63, 3.8) is 0 Å². The number of halogens is 1. The summed E-state index contributed by atoms with van der Waals surface area (Å²) in [6.07, 6.45) is 0.653. The molecule has 0 saturated heterocycles. The number of hydrogen-bond donors (Lipinski definition) is 3. The predicted octanol–water partition coefficient (Wildman–Crippen LogP) is 4.65. The zero-order valence-corrected chi connectivity index (χ0v) is 17.4. The predicted molar refractivity (Wildman–Crippen MR) is 122 cm³/mol. The largest absolute Gasteiger partial charge is 0.495 e. The summed E-state index contributed by atoms with van der Waals surface area (Å²) in [6, 6.07) is 18.7. The van der Waals surface area contributed by atoms with Gasteiger partial charge in [0.15, 0.2) is 0 Å². The minimum absolute atomic E-state index is 0.194. The Morgan fingerprint density at radius 2 is 1.81 bits per heavy atom. The smallest absolute Gasteiger partial charge is 0.248 e. The number of benzene rings is 3. The summed E-state index contributed by atoms with van der Waals surface area (Å²) in [5.74, 6) is -0.702. The average molecular weight is 431 g/mol. The first-order chi connectivity index (χ1) is 15.5. The molecule has 0 aliphatic carbocycles. The number of H-pyrrole nitrogens is 1. The molecule has 32 heavy (non-hydrogen) atoms. The summed E-state index contributed by atoms with van der Waals surface area (Å²) in [7, 11) is 1.48. The van der Waals surface area contributed by atoms with E-state index in [-0.39, 0.29) is 23.7 Å². The zero-order valence-electron chi connectivity index (χ0n) is 17.4. The number of methoxy groups -OCH3 is 1. The number of aromatic nitrogens is 1. The molecule has 1 heterocycles. The van der Waals surface area contributed by atoms with Crippen LogP contribution in [0, 0.1) is 5.82 Å². The minimum atomic E-state index is -0.592. The van der Waals surface area contributed by atoms with E-state index in [0.29, 0.717) is 17.9 Å². The SMILES string of the molecule is COc1ccc(C(N)=O)cc1NC(=O)CCc1c(-c2ccc(F)cc2)[nH]c2ccccc12. The summed E-state index contributed by atoms with van der Waals surface area (Å²) in [4.78, 5) is 27.6. The molecule has 0 spiro atoms. The van der Waals surface area contributed by atoms with Gasteiger partial charge in [0, 0.05) is 28.6 Å². The molecule has 4 aromatic rings. The molecule has 0 aliphatic heterocycles. The number of rotatable bonds is 7. The molecule has 0 saturated carbocycles. The number of aromatic amines is 1. The Morgan fingerprint density at radius 3 is 2.53 bits per heavy atom. The fourth-order valence-electron chi connectivity index (χ4n) is 3.73. The van der Waals surface area contributed by atoms with Crippen LogP contribution in [0.15, 0.2) is 66.7 Å². The molecule has 0 aliphatic rings. The first kappa shape index (κ1) is 21.1. The molecule has 4 N–H and O–H groups in total. The van der Waals surface area contributed by atoms with Crippen LogP contribution in [0.25, 0.3) is 22.2 Å². The Bertz CT molecular complexity index is 1300. The molecular weight excluding hydrogens is 409 g/mol. The van der Waals surface area contributed by atoms with Crippen LogP contribution < -0.4 is 15.8 Å². The van der Waals surface area contributed by atoms with Crippen molar-refractivity contribution in [1.82, 2.24) is 4.98 Å². The van der Waals surface area contributed by atoms with Gasteiger partial charge in [0.25, 0.3) is 0 Å². The molecule has 0 atom stereocenters. The van der Waals surface area contributed by atoms with Crippen molar-refractivity contribution in [3.05, 3.63) is 83.7 Å². The summed E-state index contributed by atoms with van der Waals surface area (Å²) >= 11 is 0. The third-order valence-electron chi connectivity index (χ3n) is 5.31. The van der Waals surface area contributed by atoms with E-state index in [1.54, 1.807) is 18.2 Å². The number of amides is 2. The number of para-hydroxylation sites is 1. The molecule has 6 nitrogen and oxygen atoms in total. The fraction of sp³-hybridized carbons (Fsp3) is 0.120. The third-order valence-corrected chi connectivity index (χ3v) is 5.31. The second-order valence-electron chi connectivity index (χ2n) is 7.36. The van der Waals surface area contributed by atoms with Crippen LogP contribution in [0.5, 0.6) is 5.75 Å². The Kier molecular flexibility index (Phi) is 5.89. The Balaban J connectivity index is 1.59. The molecule has 0 unspecified atom stereocenters. The van der Waals surface area contributed by atoms with Crippen LogP contribution in [-0.2, 0) is 11.2 Å². The monoisotopic (exact) mass is 431 g/mol. The van der Waals surface area contributed by atoms with E-state index in [9.17, 15) is 14.0 Å². The maximum atomic E-state index is 13.4. The van der Waals surface area contributed by atoms with Gasteiger partial charge in [-0.15, -0.1) is 0 Å². The molecule has 2 amide bonds. The standard InChI is InChI=1S/C25H22FN3O3/c1-32-22-12-8-16(25(27)31)14-21(22)28-23(30)13-11-19-18-4-2-3-5-20(18)29-24(19)15-6-9-17(26)10-7-15/h2-10,12,14,29H,11,13H2,1H3,(H2,27,31)(H,28,30). The number of hydrogen-bond acceptors (Lipinski definition) is 3. The lowest BCUT2D eigenvalue weighted by molar-refractivity contribution is -0.116. The van der Waals surface area contributed by atoms with E-state index < -0.39 is 5.91 Å². The maximum Gasteiger partial charge on any atom is 0.248 e. The average Bonchev–Trinajstić information content (AvgIpc) is 3.16. The lowest BCUT2D eigenvalue weighted by atomic mass is 10.0. The summed E-state index contributed by atoms with van der Waals surface area (Å²) in [5.41, 5.74) is 9.61. The van der Waals surface area contributed by atoms with Gasteiger partial charge in [0.05, 0.1) is 12.8 Å². The normalized spacial score (nSPS) is 10.8. The minimum Gasteiger partial charge on any atom is -0.495 e. The van der Waals surface area contributed by atoms with Gasteiger partial charge in [0.2, 0.25) is 11.8 Å². The molecule has 0 fully saturated rings. The van der Waals surface area contributed by atoms with Gasteiger partial charge in [-0.1, -0.05) is 18.2 Å². The number of nitrogens with two attached hydrogens (primary N) is 1. The number of carbonyl (C=O) groups excluding carboxylic acids is 2. The van der Waals surface area contributed by atoms with Crippen molar-refractivity contribution in [2.45, 2.75) is 12.8 Å². The summed E-state index contributed by atoms with van der Waals surface area (Å²) in [6.45, 7) is 0. The fourth-order valence-corrected chi connectivity index (χ4v) is 3.73. The quantitative estimate of drug-likeness (QED) is 0.397. The van der Waals surface area contributed by atoms with Crippen molar-refractivity contribution in [1.29, 1.82) is 0 Å². The van der Waals surface area contributed by atoms with Crippen molar-refractivity contribution in [3.8, 4) is 17.0 Å². The van der Waals surface area contributed by atoms with E-state index in [0.717, 1.165) is 27.7 Å². The zero-order chi connectivity index (χ0) is 22.7. The molecule has 3 aromatic carbocycles. The first-order valence-corrected chi connectivity index (χ1v) is 10.1. The molecule has 0 radical (unpaired) electrons. The van der Waals surface area contributed by atoms with Gasteiger partial charge in [-0.05, 0) is 66.1 Å². The highest BCUT2D eigenvalue weighted by molar-refractivity contribution is 5.98. The third kappa shape index (κ3) is 4.32. The van der Waals surface area contributed by atoms with Crippen LogP contribution in [0.2, 0.25) is 0 Å². The summed E-state index contributed by atoms with van der Waals surface area (Å²) < 4.78 is 18.7. The number of carbonyl (C=O) groups is 2. The lowest BCUT2D eigenvalue weighted by Crippen LogP contribution is -2.15. The highest BCUT2D eigenvalue weighted by Crippen LogP contribution is 2.32. The maximum absolute atomic E-state index is 13.4. The van der Waals surface area contributed by atoms with Gasteiger partial charge < -0.3 is 20.8 Å². The van der Waals surface area contributed by atoms with Gasteiger partial charge in [-0.3, -0.25) is 9.59 Å². The number of primary amides is 1. The number of nitrogens with one attached hydrogen (secondary N) is 2. The Morgan fingerprint density at radius 1 is 1.06 bits per heavy atom. The van der Waals surface area contributed by atoms with Gasteiger partial charge in [0.1, 0.15) is 11.6 Å². The second kappa shape index (κ2) is 8.93. The van der Waals surface area contributed by atoms with E-state index in [2.05, 4.69) is 10.3 Å². The van der Waals surface area contributed by atoms with Gasteiger partial charge in [-0.2, -0.15) is 0 Å². The van der Waals surface area contributed by atoms with E-state index in [4.69, 9.17) is 10.5 Å². The van der Waals surface area contributed by atoms with Crippen molar-refractivity contribution in [2.75, 3.05) is 12.4 Å². The highest BCUT2D eigenvalue weighted by atomic mass is 19.1. The first-order valence-electron chi connectivity index (χ1n) is 10.1. The molecule has 1 aromatic heterocycles. The van der Waals surface area contributed by atoms with E-state index in [1.165, 1.54) is 31.4 Å². The Labute approximate surface area is 184 Å². The summed E-state index contributed by atoms with van der Waals surface area (Å²) in [5, 5.41) is 3.81. The van der Waals surface area contributed by atoms with Gasteiger partial charge >= 0.3 is 0 Å². The van der Waals surface area contributed by atoms with Crippen molar-refractivity contribution >= 4 is 28.4 Å². The molecule has 0 bridgehead atoms. The Hall–Kier alpha value is -4.13. The number of aryl methyl sites for hydroxylation is 1. The van der Waals surface area contributed by atoms with Crippen LogP contribution >= 0.6 is 0 Å². The van der Waals surface area contributed by atoms with Crippen molar-refractivity contribution in [2.24, 2.45) is 5.73 Å². The van der Waals surface area contributed by atoms with Crippen LogP contribution in [-0.4, -0.2) is 23.9 Å².